The lowest BCUT2D eigenvalue weighted by atomic mass is 9.80. The Balaban J connectivity index is 0.000000122. The fourth-order valence-electron chi connectivity index (χ4n) is 9.73. The molecule has 14 rings (SSSR count). The molecule has 10 heteroatoms. The Morgan fingerprint density at radius 1 is 0.338 bits per heavy atom. The molecule has 352 valence electrons. The minimum Gasteiger partial charge on any atom is -0.436 e. The van der Waals surface area contributed by atoms with E-state index in [0.29, 0.717) is 17.2 Å². The van der Waals surface area contributed by atoms with Crippen molar-refractivity contribution in [3.05, 3.63) is 248 Å². The number of halogens is 1. The van der Waals surface area contributed by atoms with Gasteiger partial charge in [0, 0.05) is 51.5 Å². The van der Waals surface area contributed by atoms with E-state index in [0.717, 1.165) is 54.5 Å². The standard InChI is InChI=1S/C32H20N2O.C19H12BrN.C13H10BNO3/c1-3-11-26-24(9-1)30(25-10-2-4-12-27(25)31(26)23-8-7-19-33-20-23)21-15-17-22(18-16-21)32-34-28-13-5-6-14-29(28)35-32;20-19-16-9-3-1-7-14(16)18(13-6-5-11-21-12-13)15-8-2-4-10-17(15)19;16-14(17)10-7-5-9(6-8-10)13-15-11-3-1-2-4-12(11)18-13/h1-20H;1-12H;1-8,16-17H. The molecule has 0 atom stereocenters. The van der Waals surface area contributed by atoms with Crippen LogP contribution >= 0.6 is 15.9 Å². The molecule has 0 radical (unpaired) electrons. The number of aromatic nitrogens is 4. The van der Waals surface area contributed by atoms with Gasteiger partial charge < -0.3 is 18.9 Å². The zero-order chi connectivity index (χ0) is 50.0. The van der Waals surface area contributed by atoms with Crippen molar-refractivity contribution in [1.29, 1.82) is 0 Å². The first-order valence-corrected chi connectivity index (χ1v) is 24.9. The average molecular weight is 1020 g/mol. The van der Waals surface area contributed by atoms with E-state index in [1.54, 1.807) is 24.3 Å². The fourth-order valence-corrected chi connectivity index (χ4v) is 10.4. The lowest BCUT2D eigenvalue weighted by molar-refractivity contribution is 0.426. The summed E-state index contributed by atoms with van der Waals surface area (Å²) in [5.74, 6) is 1.16. The minimum atomic E-state index is -1.46. The van der Waals surface area contributed by atoms with Crippen molar-refractivity contribution in [3.8, 4) is 56.3 Å². The maximum absolute atomic E-state index is 9.02. The average Bonchev–Trinajstić information content (AvgIpc) is 4.11. The maximum atomic E-state index is 9.02. The summed E-state index contributed by atoms with van der Waals surface area (Å²) in [5, 5.41) is 27.9. The quantitative estimate of drug-likeness (QED) is 0.125. The van der Waals surface area contributed by atoms with Crippen LogP contribution < -0.4 is 5.46 Å². The summed E-state index contributed by atoms with van der Waals surface area (Å²) in [7, 11) is -1.46. The molecule has 0 bridgehead atoms. The number of hydrogen-bond donors (Lipinski definition) is 2. The molecule has 8 nitrogen and oxygen atoms in total. The molecule has 4 aromatic heterocycles. The number of pyridine rings is 2. The third-order valence-electron chi connectivity index (χ3n) is 13.2. The van der Waals surface area contributed by atoms with Crippen LogP contribution in [0.2, 0.25) is 0 Å². The minimum absolute atomic E-state index is 0.440. The van der Waals surface area contributed by atoms with Gasteiger partial charge >= 0.3 is 7.12 Å². The highest BCUT2D eigenvalue weighted by atomic mass is 79.9. The number of oxazole rings is 2. The van der Waals surface area contributed by atoms with E-state index in [1.807, 2.05) is 85.5 Å². The molecule has 14 aromatic rings. The van der Waals surface area contributed by atoms with Crippen molar-refractivity contribution < 1.29 is 18.9 Å². The highest BCUT2D eigenvalue weighted by Gasteiger charge is 2.18. The lowest BCUT2D eigenvalue weighted by Crippen LogP contribution is -2.29. The molecule has 0 unspecified atom stereocenters. The highest BCUT2D eigenvalue weighted by molar-refractivity contribution is 9.10. The van der Waals surface area contributed by atoms with Gasteiger partial charge in [0.1, 0.15) is 11.0 Å². The predicted molar refractivity (Wildman–Crippen MR) is 305 cm³/mol. The fraction of sp³-hybridized carbons (Fsp3) is 0. The largest absolute Gasteiger partial charge is 0.488 e. The van der Waals surface area contributed by atoms with Crippen molar-refractivity contribution in [1.82, 2.24) is 19.9 Å². The van der Waals surface area contributed by atoms with Crippen LogP contribution in [0.4, 0.5) is 0 Å². The van der Waals surface area contributed by atoms with Crippen LogP contribution in [-0.2, 0) is 0 Å². The first-order chi connectivity index (χ1) is 36.5. The van der Waals surface area contributed by atoms with Gasteiger partial charge in [-0.05, 0) is 147 Å². The van der Waals surface area contributed by atoms with Gasteiger partial charge in [-0.2, -0.15) is 0 Å². The lowest BCUT2D eigenvalue weighted by Gasteiger charge is -2.17. The SMILES string of the molecule is Brc1c2ccccc2c(-c2cccnc2)c2ccccc12.OB(O)c1ccc(-c2nc3ccccc3o2)cc1.c1cncc(-c2c3ccccc3c(-c3ccc(-c4nc5ccccc5o4)cc3)c3ccccc23)c1. The Hall–Kier alpha value is -9.06. The summed E-state index contributed by atoms with van der Waals surface area (Å²) >= 11 is 3.77. The second kappa shape index (κ2) is 20.2. The van der Waals surface area contributed by atoms with Crippen molar-refractivity contribution >= 4 is 93.8 Å². The van der Waals surface area contributed by atoms with Crippen LogP contribution in [0.3, 0.4) is 0 Å². The zero-order valence-corrected chi connectivity index (χ0v) is 41.1. The van der Waals surface area contributed by atoms with Crippen molar-refractivity contribution in [2.45, 2.75) is 0 Å². The molecule has 0 amide bonds. The Labute approximate surface area is 434 Å². The van der Waals surface area contributed by atoms with Gasteiger partial charge in [0.2, 0.25) is 11.8 Å². The number of benzene rings is 10. The summed E-state index contributed by atoms with van der Waals surface area (Å²) in [6.07, 6.45) is 7.51. The number of hydrogen-bond acceptors (Lipinski definition) is 8. The van der Waals surface area contributed by atoms with E-state index in [9.17, 15) is 0 Å². The molecule has 74 heavy (non-hydrogen) atoms. The van der Waals surface area contributed by atoms with Gasteiger partial charge in [0.05, 0.1) is 0 Å². The van der Waals surface area contributed by atoms with Crippen molar-refractivity contribution in [3.63, 3.8) is 0 Å². The summed E-state index contributed by atoms with van der Waals surface area (Å²) in [6, 6.07) is 73.2. The molecule has 0 aliphatic rings. The molecular formula is C64H42BBrN4O4. The Kier molecular flexibility index (Phi) is 12.6. The molecule has 0 spiro atoms. The highest BCUT2D eigenvalue weighted by Crippen LogP contribution is 2.44. The Bertz CT molecular complexity index is 4120. The van der Waals surface area contributed by atoms with E-state index in [4.69, 9.17) is 18.9 Å². The molecule has 0 saturated heterocycles. The monoisotopic (exact) mass is 1020 g/mol. The molecule has 0 aliphatic heterocycles. The van der Waals surface area contributed by atoms with Gasteiger partial charge in [-0.25, -0.2) is 9.97 Å². The van der Waals surface area contributed by atoms with Crippen LogP contribution in [0.15, 0.2) is 256 Å². The first kappa shape index (κ1) is 46.0. The van der Waals surface area contributed by atoms with Gasteiger partial charge in [-0.1, -0.05) is 158 Å². The van der Waals surface area contributed by atoms with Crippen LogP contribution in [0.1, 0.15) is 0 Å². The van der Waals surface area contributed by atoms with E-state index in [2.05, 4.69) is 169 Å². The first-order valence-electron chi connectivity index (χ1n) is 24.1. The van der Waals surface area contributed by atoms with Crippen molar-refractivity contribution in [2.75, 3.05) is 0 Å². The molecule has 4 heterocycles. The van der Waals surface area contributed by atoms with Crippen molar-refractivity contribution in [2.24, 2.45) is 0 Å². The summed E-state index contributed by atoms with van der Waals surface area (Å²) in [5.41, 5.74) is 12.5. The Morgan fingerprint density at radius 3 is 1.05 bits per heavy atom. The topological polar surface area (TPSA) is 118 Å². The van der Waals surface area contributed by atoms with E-state index in [1.165, 1.54) is 59.8 Å². The zero-order valence-electron chi connectivity index (χ0n) is 39.5. The molecular weight excluding hydrogens is 979 g/mol. The summed E-state index contributed by atoms with van der Waals surface area (Å²) in [6.45, 7) is 0. The molecule has 10 aromatic carbocycles. The molecule has 0 fully saturated rings. The number of para-hydroxylation sites is 4. The number of rotatable bonds is 6. The van der Waals surface area contributed by atoms with Gasteiger partial charge in [-0.15, -0.1) is 0 Å². The van der Waals surface area contributed by atoms with E-state index >= 15 is 0 Å². The normalized spacial score (nSPS) is 11.2. The van der Waals surface area contributed by atoms with Crippen LogP contribution in [0.25, 0.3) is 122 Å². The number of fused-ring (bicyclic) bond motifs is 6. The van der Waals surface area contributed by atoms with Crippen LogP contribution in [-0.4, -0.2) is 37.1 Å². The smallest absolute Gasteiger partial charge is 0.436 e. The van der Waals surface area contributed by atoms with Gasteiger partial charge in [-0.3, -0.25) is 9.97 Å². The molecule has 0 saturated carbocycles. The second-order valence-electron chi connectivity index (χ2n) is 17.7. The van der Waals surface area contributed by atoms with Crippen LogP contribution in [0, 0.1) is 0 Å². The van der Waals surface area contributed by atoms with Gasteiger partial charge in [0.15, 0.2) is 11.2 Å². The molecule has 0 aliphatic carbocycles. The summed E-state index contributed by atoms with van der Waals surface area (Å²) < 4.78 is 12.8. The molecule has 2 N–H and O–H groups in total. The predicted octanol–water partition coefficient (Wildman–Crippen LogP) is 15.5. The van der Waals surface area contributed by atoms with E-state index < -0.39 is 7.12 Å². The third kappa shape index (κ3) is 8.88. The van der Waals surface area contributed by atoms with E-state index in [-0.39, 0.29) is 0 Å². The van der Waals surface area contributed by atoms with Gasteiger partial charge in [0.25, 0.3) is 0 Å². The van der Waals surface area contributed by atoms with Crippen LogP contribution in [0.5, 0.6) is 0 Å². The Morgan fingerprint density at radius 2 is 0.676 bits per heavy atom. The summed E-state index contributed by atoms with van der Waals surface area (Å²) in [4.78, 5) is 17.7. The second-order valence-corrected chi connectivity index (χ2v) is 18.4. The maximum Gasteiger partial charge on any atom is 0.488 e. The third-order valence-corrected chi connectivity index (χ3v) is 14.0. The number of nitrogens with zero attached hydrogens (tertiary/aromatic N) is 4.